The molecule has 1 amide bonds. The van der Waals surface area contributed by atoms with Crippen LogP contribution in [0.5, 0.6) is 11.5 Å². The highest BCUT2D eigenvalue weighted by Crippen LogP contribution is 2.33. The fourth-order valence-corrected chi connectivity index (χ4v) is 3.79. The molecule has 0 fully saturated rings. The lowest BCUT2D eigenvalue weighted by Gasteiger charge is -2.32. The predicted octanol–water partition coefficient (Wildman–Crippen LogP) is 4.19. The van der Waals surface area contributed by atoms with Gasteiger partial charge < -0.3 is 25.0 Å². The monoisotopic (exact) mass is 552 g/mol. The van der Waals surface area contributed by atoms with Gasteiger partial charge in [-0.3, -0.25) is 9.79 Å². The van der Waals surface area contributed by atoms with E-state index in [2.05, 4.69) is 32.7 Å². The minimum absolute atomic E-state index is 0. The van der Waals surface area contributed by atoms with Gasteiger partial charge in [-0.1, -0.05) is 19.1 Å². The van der Waals surface area contributed by atoms with Crippen LogP contribution in [0.1, 0.15) is 36.5 Å². The number of anilines is 1. The molecule has 0 atom stereocenters. The number of benzene rings is 2. The molecule has 174 valence electrons. The number of ether oxygens (including phenoxy) is 2. The summed E-state index contributed by atoms with van der Waals surface area (Å²) in [6.45, 7) is 4.24. The number of aliphatic imine (C=N–C) groups is 1. The van der Waals surface area contributed by atoms with Gasteiger partial charge in [-0.2, -0.15) is 0 Å². The van der Waals surface area contributed by atoms with E-state index < -0.39 is 0 Å². The average molecular weight is 552 g/mol. The third-order valence-electron chi connectivity index (χ3n) is 5.37. The fraction of sp³-hybridized carbons (Fsp3) is 0.417. The van der Waals surface area contributed by atoms with E-state index in [-0.39, 0.29) is 29.9 Å². The number of hydrogen-bond acceptors (Lipinski definition) is 4. The van der Waals surface area contributed by atoms with Gasteiger partial charge in [0.1, 0.15) is 0 Å². The van der Waals surface area contributed by atoms with E-state index in [1.807, 2.05) is 31.2 Å². The number of rotatable bonds is 7. The van der Waals surface area contributed by atoms with Crippen LogP contribution in [0, 0.1) is 0 Å². The number of amides is 1. The van der Waals surface area contributed by atoms with Crippen LogP contribution in [-0.2, 0) is 24.3 Å². The molecule has 8 heteroatoms. The van der Waals surface area contributed by atoms with Crippen molar-refractivity contribution in [3.63, 3.8) is 0 Å². The first-order valence-electron chi connectivity index (χ1n) is 10.7. The number of methoxy groups -OCH3 is 2. The lowest BCUT2D eigenvalue weighted by atomic mass is 9.99. The summed E-state index contributed by atoms with van der Waals surface area (Å²) in [5.41, 5.74) is 4.40. The maximum absolute atomic E-state index is 11.9. The number of hydrogen-bond donors (Lipinski definition) is 2. The summed E-state index contributed by atoms with van der Waals surface area (Å²) in [7, 11) is 5.12. The minimum atomic E-state index is 0. The van der Waals surface area contributed by atoms with Gasteiger partial charge in [0.15, 0.2) is 17.5 Å². The molecule has 0 saturated carbocycles. The summed E-state index contributed by atoms with van der Waals surface area (Å²) >= 11 is 0. The third kappa shape index (κ3) is 6.51. The molecule has 0 aromatic heterocycles. The lowest BCUT2D eigenvalue weighted by Crippen LogP contribution is -2.43. The van der Waals surface area contributed by atoms with Crippen LogP contribution < -0.4 is 20.1 Å². The molecule has 7 nitrogen and oxygen atoms in total. The van der Waals surface area contributed by atoms with E-state index in [0.717, 1.165) is 54.6 Å². The first-order chi connectivity index (χ1) is 15.1. The van der Waals surface area contributed by atoms with Gasteiger partial charge in [-0.25, -0.2) is 0 Å². The molecule has 0 radical (unpaired) electrons. The number of carbonyl (C=O) groups is 1. The maximum atomic E-state index is 11.9. The maximum Gasteiger partial charge on any atom is 0.224 e. The smallest absolute Gasteiger partial charge is 0.224 e. The van der Waals surface area contributed by atoms with Gasteiger partial charge in [0, 0.05) is 38.8 Å². The number of nitrogens with one attached hydrogen (secondary N) is 2. The van der Waals surface area contributed by atoms with Gasteiger partial charge >= 0.3 is 0 Å². The van der Waals surface area contributed by atoms with E-state index in [4.69, 9.17) is 9.47 Å². The normalized spacial score (nSPS) is 13.0. The van der Waals surface area contributed by atoms with E-state index in [0.29, 0.717) is 13.0 Å². The van der Waals surface area contributed by atoms with Crippen molar-refractivity contribution in [2.75, 3.05) is 33.1 Å². The summed E-state index contributed by atoms with van der Waals surface area (Å²) < 4.78 is 10.9. The molecule has 0 saturated heterocycles. The Hall–Kier alpha value is -2.49. The van der Waals surface area contributed by atoms with Gasteiger partial charge in [0.2, 0.25) is 5.91 Å². The largest absolute Gasteiger partial charge is 0.493 e. The first kappa shape index (κ1) is 25.8. The van der Waals surface area contributed by atoms with Crippen molar-refractivity contribution in [3.05, 3.63) is 53.1 Å². The van der Waals surface area contributed by atoms with Crippen LogP contribution in [0.4, 0.5) is 5.69 Å². The van der Waals surface area contributed by atoms with Crippen molar-refractivity contribution in [2.45, 2.75) is 39.3 Å². The Balaban J connectivity index is 0.00000363. The highest BCUT2D eigenvalue weighted by molar-refractivity contribution is 14.0. The molecular formula is C24H33IN4O3. The summed E-state index contributed by atoms with van der Waals surface area (Å²) in [6, 6.07) is 12.0. The topological polar surface area (TPSA) is 75.2 Å². The second-order valence-corrected chi connectivity index (χ2v) is 7.55. The highest BCUT2D eigenvalue weighted by Gasteiger charge is 2.21. The number of fused-ring (bicyclic) bond motifs is 1. The van der Waals surface area contributed by atoms with Gasteiger partial charge in [-0.15, -0.1) is 24.0 Å². The van der Waals surface area contributed by atoms with Crippen molar-refractivity contribution in [1.29, 1.82) is 0 Å². The molecule has 32 heavy (non-hydrogen) atoms. The quantitative estimate of drug-likeness (QED) is 0.306. The Bertz CT molecular complexity index is 949. The lowest BCUT2D eigenvalue weighted by molar-refractivity contribution is -0.116. The predicted molar refractivity (Wildman–Crippen MR) is 139 cm³/mol. The van der Waals surface area contributed by atoms with Gasteiger partial charge in [-0.05, 0) is 53.8 Å². The Morgan fingerprint density at radius 1 is 1.12 bits per heavy atom. The summed E-state index contributed by atoms with van der Waals surface area (Å²) in [6.07, 6.45) is 2.28. The van der Waals surface area contributed by atoms with Crippen molar-refractivity contribution >= 4 is 41.5 Å². The van der Waals surface area contributed by atoms with Crippen molar-refractivity contribution in [3.8, 4) is 11.5 Å². The molecule has 1 aliphatic heterocycles. The molecule has 2 aromatic rings. The summed E-state index contributed by atoms with van der Waals surface area (Å²) in [4.78, 5) is 18.6. The van der Waals surface area contributed by atoms with E-state index in [1.54, 1.807) is 21.3 Å². The highest BCUT2D eigenvalue weighted by atomic mass is 127. The standard InChI is InChI=1S/C24H32N4O3.HI/c1-5-7-23(29)27-20-9-6-8-17(12-20)15-26-24(25-2)28-11-10-18-13-21(30-3)22(31-4)14-19(18)16-28;/h6,8-9,12-14H,5,7,10-11,15-16H2,1-4H3,(H,25,26)(H,27,29);1H. The van der Waals surface area contributed by atoms with Gasteiger partial charge in [0.05, 0.1) is 14.2 Å². The van der Waals surface area contributed by atoms with Crippen LogP contribution in [-0.4, -0.2) is 44.6 Å². The molecule has 1 aliphatic rings. The zero-order chi connectivity index (χ0) is 22.2. The second-order valence-electron chi connectivity index (χ2n) is 7.55. The average Bonchev–Trinajstić information content (AvgIpc) is 2.78. The molecule has 0 spiro atoms. The molecule has 3 rings (SSSR count). The molecule has 2 aromatic carbocycles. The molecule has 1 heterocycles. The van der Waals surface area contributed by atoms with E-state index in [1.165, 1.54) is 11.1 Å². The Morgan fingerprint density at radius 3 is 2.50 bits per heavy atom. The zero-order valence-corrected chi connectivity index (χ0v) is 21.6. The van der Waals surface area contributed by atoms with Crippen LogP contribution in [0.25, 0.3) is 0 Å². The van der Waals surface area contributed by atoms with Crippen LogP contribution in [0.2, 0.25) is 0 Å². The first-order valence-corrected chi connectivity index (χ1v) is 10.7. The van der Waals surface area contributed by atoms with Crippen LogP contribution in [0.15, 0.2) is 41.4 Å². The summed E-state index contributed by atoms with van der Waals surface area (Å²) in [5, 5.41) is 6.40. The molecule has 0 aliphatic carbocycles. The molecular weight excluding hydrogens is 519 g/mol. The Kier molecular flexibility index (Phi) is 10.1. The minimum Gasteiger partial charge on any atom is -0.493 e. The van der Waals surface area contributed by atoms with Gasteiger partial charge in [0.25, 0.3) is 0 Å². The Morgan fingerprint density at radius 2 is 1.84 bits per heavy atom. The number of halogens is 1. The molecule has 0 bridgehead atoms. The number of nitrogens with zero attached hydrogens (tertiary/aromatic N) is 2. The SMILES string of the molecule is CCCC(=O)Nc1cccc(CNC(=NC)N2CCc3cc(OC)c(OC)cc3C2)c1.I. The number of guanidine groups is 1. The number of carbonyl (C=O) groups excluding carboxylic acids is 1. The van der Waals surface area contributed by atoms with E-state index in [9.17, 15) is 4.79 Å². The molecule has 0 unspecified atom stereocenters. The molecule has 2 N–H and O–H groups in total. The summed E-state index contributed by atoms with van der Waals surface area (Å²) in [5.74, 6) is 2.40. The third-order valence-corrected chi connectivity index (χ3v) is 5.37. The fourth-order valence-electron chi connectivity index (χ4n) is 3.79. The van der Waals surface area contributed by atoms with Crippen molar-refractivity contribution in [2.24, 2.45) is 4.99 Å². The van der Waals surface area contributed by atoms with Crippen molar-refractivity contribution in [1.82, 2.24) is 10.2 Å². The van der Waals surface area contributed by atoms with Crippen molar-refractivity contribution < 1.29 is 14.3 Å². The van der Waals surface area contributed by atoms with E-state index >= 15 is 0 Å². The zero-order valence-electron chi connectivity index (χ0n) is 19.2. The van der Waals surface area contributed by atoms with Crippen LogP contribution in [0.3, 0.4) is 0 Å². The van der Waals surface area contributed by atoms with Crippen LogP contribution >= 0.6 is 24.0 Å². The Labute approximate surface area is 207 Å². The second kappa shape index (κ2) is 12.5.